The lowest BCUT2D eigenvalue weighted by Gasteiger charge is -2.15. The summed E-state index contributed by atoms with van der Waals surface area (Å²) < 4.78 is 0. The standard InChI is InChI=1S/C13H13N3O/c17-13-15-7-8-16(13)9-11-4-1-3-10-5-2-6-14-12(10)11/h1-6H,7-9H2,(H,15,17). The van der Waals surface area contributed by atoms with Crippen molar-refractivity contribution in [3.8, 4) is 0 Å². The van der Waals surface area contributed by atoms with Crippen LogP contribution >= 0.6 is 0 Å². The van der Waals surface area contributed by atoms with Gasteiger partial charge in [0, 0.05) is 31.2 Å². The van der Waals surface area contributed by atoms with Gasteiger partial charge in [0.25, 0.3) is 0 Å². The molecule has 0 saturated carbocycles. The summed E-state index contributed by atoms with van der Waals surface area (Å²) in [5.41, 5.74) is 2.08. The van der Waals surface area contributed by atoms with E-state index in [1.807, 2.05) is 35.2 Å². The molecule has 1 aliphatic rings. The third-order valence-electron chi connectivity index (χ3n) is 3.02. The van der Waals surface area contributed by atoms with Gasteiger partial charge in [-0.05, 0) is 11.6 Å². The molecule has 2 heterocycles. The molecule has 1 saturated heterocycles. The van der Waals surface area contributed by atoms with Crippen LogP contribution in [0.25, 0.3) is 10.9 Å². The number of urea groups is 1. The fraction of sp³-hybridized carbons (Fsp3) is 0.231. The summed E-state index contributed by atoms with van der Waals surface area (Å²) in [5, 5.41) is 3.92. The van der Waals surface area contributed by atoms with Gasteiger partial charge in [-0.2, -0.15) is 0 Å². The number of nitrogens with zero attached hydrogens (tertiary/aromatic N) is 2. The van der Waals surface area contributed by atoms with Crippen molar-refractivity contribution < 1.29 is 4.79 Å². The van der Waals surface area contributed by atoms with E-state index in [1.165, 1.54) is 0 Å². The molecule has 1 N–H and O–H groups in total. The highest BCUT2D eigenvalue weighted by Crippen LogP contribution is 2.18. The fourth-order valence-electron chi connectivity index (χ4n) is 2.16. The van der Waals surface area contributed by atoms with Crippen LogP contribution in [0.3, 0.4) is 0 Å². The molecule has 3 rings (SSSR count). The van der Waals surface area contributed by atoms with Crippen LogP contribution in [0.2, 0.25) is 0 Å². The molecular weight excluding hydrogens is 214 g/mol. The summed E-state index contributed by atoms with van der Waals surface area (Å²) in [5.74, 6) is 0. The van der Waals surface area contributed by atoms with Gasteiger partial charge in [0.15, 0.2) is 0 Å². The van der Waals surface area contributed by atoms with E-state index in [0.29, 0.717) is 6.54 Å². The molecule has 2 amide bonds. The third-order valence-corrected chi connectivity index (χ3v) is 3.02. The first kappa shape index (κ1) is 10.1. The molecule has 0 radical (unpaired) electrons. The minimum absolute atomic E-state index is 0.0120. The Morgan fingerprint density at radius 1 is 1.29 bits per heavy atom. The smallest absolute Gasteiger partial charge is 0.317 e. The number of fused-ring (bicyclic) bond motifs is 1. The Bertz CT molecular complexity index is 562. The van der Waals surface area contributed by atoms with Gasteiger partial charge in [-0.25, -0.2) is 4.79 Å². The molecule has 0 atom stereocenters. The normalized spacial score (nSPS) is 15.3. The quantitative estimate of drug-likeness (QED) is 0.849. The van der Waals surface area contributed by atoms with Gasteiger partial charge in [0.05, 0.1) is 5.52 Å². The fourth-order valence-corrected chi connectivity index (χ4v) is 2.16. The second-order valence-corrected chi connectivity index (χ2v) is 4.15. The first-order chi connectivity index (χ1) is 8.34. The molecule has 1 fully saturated rings. The number of carbonyl (C=O) groups is 1. The van der Waals surface area contributed by atoms with Gasteiger partial charge < -0.3 is 10.2 Å². The molecule has 2 aromatic rings. The zero-order chi connectivity index (χ0) is 11.7. The minimum Gasteiger partial charge on any atom is -0.336 e. The number of amides is 2. The van der Waals surface area contributed by atoms with Crippen molar-refractivity contribution in [2.45, 2.75) is 6.54 Å². The average molecular weight is 227 g/mol. The summed E-state index contributed by atoms with van der Waals surface area (Å²) in [7, 11) is 0. The number of para-hydroxylation sites is 1. The van der Waals surface area contributed by atoms with E-state index in [9.17, 15) is 4.79 Å². The molecule has 0 unspecified atom stereocenters. The monoisotopic (exact) mass is 227 g/mol. The number of carbonyl (C=O) groups excluding carboxylic acids is 1. The Labute approximate surface area is 99.3 Å². The van der Waals surface area contributed by atoms with Gasteiger partial charge in [-0.3, -0.25) is 4.98 Å². The molecule has 1 aliphatic heterocycles. The first-order valence-corrected chi connectivity index (χ1v) is 5.70. The van der Waals surface area contributed by atoms with Crippen LogP contribution in [0.15, 0.2) is 36.5 Å². The summed E-state index contributed by atoms with van der Waals surface area (Å²) in [6.45, 7) is 2.12. The maximum absolute atomic E-state index is 11.5. The topological polar surface area (TPSA) is 45.2 Å². The summed E-state index contributed by atoms with van der Waals surface area (Å²) >= 11 is 0. The number of hydrogen-bond donors (Lipinski definition) is 1. The third kappa shape index (κ3) is 1.82. The van der Waals surface area contributed by atoms with E-state index in [-0.39, 0.29) is 6.03 Å². The highest BCUT2D eigenvalue weighted by Gasteiger charge is 2.20. The largest absolute Gasteiger partial charge is 0.336 e. The molecule has 0 spiro atoms. The van der Waals surface area contributed by atoms with E-state index in [0.717, 1.165) is 29.6 Å². The number of hydrogen-bond acceptors (Lipinski definition) is 2. The Hall–Kier alpha value is -2.10. The molecule has 1 aromatic heterocycles. The van der Waals surface area contributed by atoms with Crippen molar-refractivity contribution in [1.82, 2.24) is 15.2 Å². The van der Waals surface area contributed by atoms with Crippen LogP contribution in [0.1, 0.15) is 5.56 Å². The van der Waals surface area contributed by atoms with Crippen LogP contribution < -0.4 is 5.32 Å². The van der Waals surface area contributed by atoms with Gasteiger partial charge in [-0.1, -0.05) is 24.3 Å². The van der Waals surface area contributed by atoms with Crippen molar-refractivity contribution in [2.24, 2.45) is 0 Å². The molecule has 86 valence electrons. The molecule has 4 heteroatoms. The molecule has 17 heavy (non-hydrogen) atoms. The number of pyridine rings is 1. The lowest BCUT2D eigenvalue weighted by atomic mass is 10.1. The Balaban J connectivity index is 1.97. The molecule has 0 aliphatic carbocycles. The highest BCUT2D eigenvalue weighted by molar-refractivity contribution is 5.82. The van der Waals surface area contributed by atoms with E-state index >= 15 is 0 Å². The maximum atomic E-state index is 11.5. The highest BCUT2D eigenvalue weighted by atomic mass is 16.2. The van der Waals surface area contributed by atoms with Crippen LogP contribution in [0, 0.1) is 0 Å². The average Bonchev–Trinajstić information content (AvgIpc) is 2.76. The number of aromatic nitrogens is 1. The predicted octanol–water partition coefficient (Wildman–Crippen LogP) is 1.76. The van der Waals surface area contributed by atoms with Crippen LogP contribution in [-0.4, -0.2) is 29.0 Å². The van der Waals surface area contributed by atoms with Gasteiger partial charge >= 0.3 is 6.03 Å². The Kier molecular flexibility index (Phi) is 2.40. The Morgan fingerprint density at radius 2 is 2.18 bits per heavy atom. The molecule has 4 nitrogen and oxygen atoms in total. The first-order valence-electron chi connectivity index (χ1n) is 5.70. The summed E-state index contributed by atoms with van der Waals surface area (Å²) in [6.07, 6.45) is 1.79. The lowest BCUT2D eigenvalue weighted by Crippen LogP contribution is -2.27. The van der Waals surface area contributed by atoms with Crippen LogP contribution in [0.4, 0.5) is 4.79 Å². The van der Waals surface area contributed by atoms with Gasteiger partial charge in [0.1, 0.15) is 0 Å². The molecular formula is C13H13N3O. The van der Waals surface area contributed by atoms with E-state index < -0.39 is 0 Å². The number of rotatable bonds is 2. The number of benzene rings is 1. The predicted molar refractivity (Wildman–Crippen MR) is 65.6 cm³/mol. The van der Waals surface area contributed by atoms with E-state index in [2.05, 4.69) is 10.3 Å². The lowest BCUT2D eigenvalue weighted by molar-refractivity contribution is 0.215. The van der Waals surface area contributed by atoms with Crippen LogP contribution in [-0.2, 0) is 6.54 Å². The minimum atomic E-state index is 0.0120. The summed E-state index contributed by atoms with van der Waals surface area (Å²) in [4.78, 5) is 17.7. The van der Waals surface area contributed by atoms with Crippen molar-refractivity contribution in [1.29, 1.82) is 0 Å². The van der Waals surface area contributed by atoms with E-state index in [1.54, 1.807) is 6.20 Å². The molecule has 1 aromatic carbocycles. The van der Waals surface area contributed by atoms with Crippen molar-refractivity contribution >= 4 is 16.9 Å². The zero-order valence-electron chi connectivity index (χ0n) is 9.39. The van der Waals surface area contributed by atoms with Crippen molar-refractivity contribution in [3.05, 3.63) is 42.1 Å². The van der Waals surface area contributed by atoms with E-state index in [4.69, 9.17) is 0 Å². The van der Waals surface area contributed by atoms with Crippen LogP contribution in [0.5, 0.6) is 0 Å². The SMILES string of the molecule is O=C1NCCN1Cc1cccc2cccnc12. The zero-order valence-corrected chi connectivity index (χ0v) is 9.39. The number of nitrogens with one attached hydrogen (secondary N) is 1. The van der Waals surface area contributed by atoms with Crippen molar-refractivity contribution in [3.63, 3.8) is 0 Å². The second-order valence-electron chi connectivity index (χ2n) is 4.15. The maximum Gasteiger partial charge on any atom is 0.317 e. The van der Waals surface area contributed by atoms with Gasteiger partial charge in [-0.15, -0.1) is 0 Å². The Morgan fingerprint density at radius 3 is 3.00 bits per heavy atom. The molecule has 0 bridgehead atoms. The van der Waals surface area contributed by atoms with Crippen molar-refractivity contribution in [2.75, 3.05) is 13.1 Å². The van der Waals surface area contributed by atoms with Gasteiger partial charge in [0.2, 0.25) is 0 Å². The second kappa shape index (κ2) is 4.05. The summed E-state index contributed by atoms with van der Waals surface area (Å²) in [6, 6.07) is 10.0.